The molecule has 34 heavy (non-hydrogen) atoms. The van der Waals surface area contributed by atoms with Gasteiger partial charge in [0, 0.05) is 25.9 Å². The number of unbranched alkanes of at least 4 members (excludes halogenated alkanes) is 1. The number of carbonyl (C=O) groups is 3. The van der Waals surface area contributed by atoms with Crippen LogP contribution in [0.25, 0.3) is 11.1 Å². The van der Waals surface area contributed by atoms with Crippen molar-refractivity contribution in [3.63, 3.8) is 0 Å². The molecular weight excluding hydrogens is 440 g/mol. The van der Waals surface area contributed by atoms with Crippen molar-refractivity contribution < 1.29 is 28.9 Å². The minimum absolute atomic E-state index is 0.0299. The number of carboxylic acid groups (broad SMARTS) is 1. The number of nitrogens with one attached hydrogen (secondary N) is 1. The fourth-order valence-electron chi connectivity index (χ4n) is 4.05. The number of hydrogen-bond acceptors (Lipinski definition) is 7. The van der Waals surface area contributed by atoms with Gasteiger partial charge in [-0.25, -0.2) is 9.42 Å². The molecule has 2 amide bonds. The van der Waals surface area contributed by atoms with Crippen molar-refractivity contribution in [2.45, 2.75) is 25.2 Å². The molecule has 0 spiro atoms. The monoisotopic (exact) mass is 464 g/mol. The molecule has 10 nitrogen and oxygen atoms in total. The molecular formula is C24H24N4O6. The van der Waals surface area contributed by atoms with Crippen molar-refractivity contribution in [3.05, 3.63) is 65.4 Å². The number of carboxylic acids is 1. The van der Waals surface area contributed by atoms with Crippen LogP contribution >= 0.6 is 0 Å². The fourth-order valence-corrected chi connectivity index (χ4v) is 4.05. The average Bonchev–Trinajstić information content (AvgIpc) is 3.42. The highest BCUT2D eigenvalue weighted by Crippen LogP contribution is 2.44. The lowest BCUT2D eigenvalue weighted by Crippen LogP contribution is -2.29. The van der Waals surface area contributed by atoms with E-state index in [0.29, 0.717) is 19.4 Å². The Labute approximate surface area is 195 Å². The van der Waals surface area contributed by atoms with E-state index in [-0.39, 0.29) is 30.5 Å². The van der Waals surface area contributed by atoms with Crippen molar-refractivity contribution in [2.24, 2.45) is 0 Å². The number of ether oxygens (including phenoxy) is 1. The van der Waals surface area contributed by atoms with Gasteiger partial charge in [-0.05, 0) is 45.4 Å². The standard InChI is InChI=1S/C24H24N4O6/c1-28(13-7-6-12-20(29)30)23(31)21-22(27-34-26-21)25-24(32)33-14-19-17-10-4-2-8-15(17)16-9-3-5-11-18(16)19/h2-5,8-11,19H,6-7,12-14H2,1H3,(H,29,30)(H,25,27,32). The summed E-state index contributed by atoms with van der Waals surface area (Å²) in [5, 5.41) is 18.3. The molecule has 176 valence electrons. The van der Waals surface area contributed by atoms with Crippen molar-refractivity contribution in [2.75, 3.05) is 25.5 Å². The molecule has 0 atom stereocenters. The van der Waals surface area contributed by atoms with Crippen LogP contribution in [0.5, 0.6) is 0 Å². The number of amides is 2. The van der Waals surface area contributed by atoms with Gasteiger partial charge >= 0.3 is 12.1 Å². The lowest BCUT2D eigenvalue weighted by molar-refractivity contribution is -0.137. The first-order valence-electron chi connectivity index (χ1n) is 10.9. The Morgan fingerprint density at radius 3 is 2.32 bits per heavy atom. The summed E-state index contributed by atoms with van der Waals surface area (Å²) >= 11 is 0. The van der Waals surface area contributed by atoms with Crippen LogP contribution in [0.1, 0.15) is 46.8 Å². The number of hydrogen-bond donors (Lipinski definition) is 2. The highest BCUT2D eigenvalue weighted by atomic mass is 16.6. The predicted molar refractivity (Wildman–Crippen MR) is 121 cm³/mol. The molecule has 0 fully saturated rings. The van der Waals surface area contributed by atoms with E-state index in [4.69, 9.17) is 9.84 Å². The number of anilines is 1. The second-order valence-corrected chi connectivity index (χ2v) is 7.99. The summed E-state index contributed by atoms with van der Waals surface area (Å²) in [6, 6.07) is 16.0. The maximum Gasteiger partial charge on any atom is 0.412 e. The zero-order valence-corrected chi connectivity index (χ0v) is 18.6. The normalized spacial score (nSPS) is 12.0. The average molecular weight is 464 g/mol. The lowest BCUT2D eigenvalue weighted by Gasteiger charge is -2.16. The van der Waals surface area contributed by atoms with Gasteiger partial charge in [-0.3, -0.25) is 14.9 Å². The number of nitrogens with zero attached hydrogens (tertiary/aromatic N) is 3. The Morgan fingerprint density at radius 2 is 1.68 bits per heavy atom. The molecule has 10 heteroatoms. The van der Waals surface area contributed by atoms with Gasteiger partial charge in [-0.15, -0.1) is 0 Å². The third-order valence-corrected chi connectivity index (χ3v) is 5.74. The molecule has 1 aliphatic rings. The van der Waals surface area contributed by atoms with E-state index >= 15 is 0 Å². The van der Waals surface area contributed by atoms with Crippen molar-refractivity contribution >= 4 is 23.8 Å². The molecule has 0 bridgehead atoms. The van der Waals surface area contributed by atoms with E-state index in [2.05, 4.69) is 20.3 Å². The van der Waals surface area contributed by atoms with Gasteiger partial charge in [-0.1, -0.05) is 48.5 Å². The number of aromatic nitrogens is 2. The molecule has 0 unspecified atom stereocenters. The van der Waals surface area contributed by atoms with Crippen LogP contribution in [0.2, 0.25) is 0 Å². The van der Waals surface area contributed by atoms with Crippen molar-refractivity contribution in [1.29, 1.82) is 0 Å². The summed E-state index contributed by atoms with van der Waals surface area (Å²) < 4.78 is 10.1. The second kappa shape index (κ2) is 10.2. The largest absolute Gasteiger partial charge is 0.481 e. The zero-order valence-electron chi connectivity index (χ0n) is 18.6. The van der Waals surface area contributed by atoms with Crippen LogP contribution in [0, 0.1) is 0 Å². The Balaban J connectivity index is 1.36. The first-order chi connectivity index (χ1) is 16.5. The molecule has 3 aromatic rings. The summed E-state index contributed by atoms with van der Waals surface area (Å²) in [7, 11) is 1.55. The maximum atomic E-state index is 12.6. The summed E-state index contributed by atoms with van der Waals surface area (Å²) in [4.78, 5) is 37.1. The Morgan fingerprint density at radius 1 is 1.03 bits per heavy atom. The number of benzene rings is 2. The van der Waals surface area contributed by atoms with E-state index in [1.807, 2.05) is 48.5 Å². The molecule has 1 heterocycles. The van der Waals surface area contributed by atoms with E-state index in [9.17, 15) is 14.4 Å². The third-order valence-electron chi connectivity index (χ3n) is 5.74. The van der Waals surface area contributed by atoms with Gasteiger partial charge in [0.15, 0.2) is 0 Å². The van der Waals surface area contributed by atoms with Gasteiger partial charge < -0.3 is 14.7 Å². The molecule has 2 N–H and O–H groups in total. The van der Waals surface area contributed by atoms with E-state index in [0.717, 1.165) is 22.3 Å². The Kier molecular flexibility index (Phi) is 6.86. The molecule has 0 aliphatic heterocycles. The smallest absolute Gasteiger partial charge is 0.412 e. The highest BCUT2D eigenvalue weighted by molar-refractivity contribution is 5.99. The van der Waals surface area contributed by atoms with Crippen molar-refractivity contribution in [3.8, 4) is 11.1 Å². The molecule has 0 saturated heterocycles. The second-order valence-electron chi connectivity index (χ2n) is 7.99. The fraction of sp³-hybridized carbons (Fsp3) is 0.292. The van der Waals surface area contributed by atoms with Gasteiger partial charge in [-0.2, -0.15) is 0 Å². The zero-order chi connectivity index (χ0) is 24.1. The van der Waals surface area contributed by atoms with Crippen LogP contribution in [0.15, 0.2) is 53.2 Å². The van der Waals surface area contributed by atoms with Crippen LogP contribution in [0.3, 0.4) is 0 Å². The summed E-state index contributed by atoms with van der Waals surface area (Å²) in [5.41, 5.74) is 4.24. The number of aliphatic carboxylic acids is 1. The van der Waals surface area contributed by atoms with Gasteiger partial charge in [0.05, 0.1) is 0 Å². The molecule has 1 aliphatic carbocycles. The summed E-state index contributed by atoms with van der Waals surface area (Å²) in [5.74, 6) is -1.64. The lowest BCUT2D eigenvalue weighted by atomic mass is 9.98. The van der Waals surface area contributed by atoms with E-state index in [1.165, 1.54) is 4.90 Å². The molecule has 0 saturated carbocycles. The third kappa shape index (κ3) is 4.90. The topological polar surface area (TPSA) is 135 Å². The van der Waals surface area contributed by atoms with Gasteiger partial charge in [0.2, 0.25) is 11.5 Å². The minimum atomic E-state index is -0.885. The molecule has 2 aromatic carbocycles. The van der Waals surface area contributed by atoms with Gasteiger partial charge in [0.1, 0.15) is 6.61 Å². The van der Waals surface area contributed by atoms with Crippen LogP contribution in [-0.2, 0) is 9.53 Å². The van der Waals surface area contributed by atoms with Crippen LogP contribution in [-0.4, -0.2) is 58.5 Å². The maximum absolute atomic E-state index is 12.6. The number of carbonyl (C=O) groups excluding carboxylic acids is 2. The van der Waals surface area contributed by atoms with Crippen LogP contribution in [0.4, 0.5) is 10.6 Å². The minimum Gasteiger partial charge on any atom is -0.481 e. The Bertz CT molecular complexity index is 1160. The summed E-state index contributed by atoms with van der Waals surface area (Å²) in [6.07, 6.45) is 0.196. The first kappa shape index (κ1) is 23.0. The predicted octanol–water partition coefficient (Wildman–Crippen LogP) is 3.76. The van der Waals surface area contributed by atoms with E-state index in [1.54, 1.807) is 7.05 Å². The van der Waals surface area contributed by atoms with Crippen molar-refractivity contribution in [1.82, 2.24) is 15.2 Å². The summed E-state index contributed by atoms with van der Waals surface area (Å²) in [6.45, 7) is 0.432. The van der Waals surface area contributed by atoms with E-state index < -0.39 is 18.0 Å². The first-order valence-corrected chi connectivity index (χ1v) is 10.9. The molecule has 4 rings (SSSR count). The van der Waals surface area contributed by atoms with Crippen LogP contribution < -0.4 is 5.32 Å². The molecule has 1 aromatic heterocycles. The van der Waals surface area contributed by atoms with Gasteiger partial charge in [0.25, 0.3) is 5.91 Å². The number of rotatable bonds is 9. The Hall–Kier alpha value is -4.21. The highest BCUT2D eigenvalue weighted by Gasteiger charge is 2.29. The molecule has 0 radical (unpaired) electrons. The SMILES string of the molecule is CN(CCCCC(=O)O)C(=O)c1nonc1NC(=O)OCC1c2ccccc2-c2ccccc21. The quantitative estimate of drug-likeness (QED) is 0.457. The number of fused-ring (bicyclic) bond motifs is 3.